The zero-order chi connectivity index (χ0) is 20.7. The normalized spacial score (nSPS) is 9.96. The van der Waals surface area contributed by atoms with Gasteiger partial charge in [-0.2, -0.15) is 0 Å². The molecule has 0 atom stereocenters. The first kappa shape index (κ1) is 25.6. The number of halogens is 2. The molecule has 0 heterocycles. The first-order valence-corrected chi connectivity index (χ1v) is 10.3. The summed E-state index contributed by atoms with van der Waals surface area (Å²) in [5.41, 5.74) is 8.28. The van der Waals surface area contributed by atoms with E-state index in [0.29, 0.717) is 0 Å². The van der Waals surface area contributed by atoms with Crippen LogP contribution in [0.4, 0.5) is 4.39 Å². The maximum Gasteiger partial charge on any atom is 0.123 e. The molecular formula is C23H36ClFN2. The average molecular weight is 395 g/mol. The van der Waals surface area contributed by atoms with E-state index >= 15 is 0 Å². The van der Waals surface area contributed by atoms with Crippen LogP contribution in [0, 0.1) is 12.7 Å². The monoisotopic (exact) mass is 394 g/mol. The fourth-order valence-electron chi connectivity index (χ4n) is 2.50. The van der Waals surface area contributed by atoms with Gasteiger partial charge in [-0.05, 0) is 67.4 Å². The minimum Gasteiger partial charge on any atom is -0.331 e. The Morgan fingerprint density at radius 2 is 1.59 bits per heavy atom. The van der Waals surface area contributed by atoms with Crippen LogP contribution in [0.1, 0.15) is 57.2 Å². The van der Waals surface area contributed by atoms with E-state index in [-0.39, 0.29) is 5.82 Å². The molecule has 152 valence electrons. The maximum atomic E-state index is 13.5. The Kier molecular flexibility index (Phi) is 14.8. The van der Waals surface area contributed by atoms with Crippen LogP contribution in [0.3, 0.4) is 0 Å². The molecule has 0 saturated carbocycles. The third-order valence-corrected chi connectivity index (χ3v) is 4.10. The lowest BCUT2D eigenvalue weighted by atomic mass is 10.1. The molecule has 0 aliphatic heterocycles. The largest absolute Gasteiger partial charge is 0.331 e. The van der Waals surface area contributed by atoms with Gasteiger partial charge in [-0.25, -0.2) is 4.39 Å². The Morgan fingerprint density at radius 3 is 2.15 bits per heavy atom. The SMILES string of the molecule is CC.CCCCN(Cc1ccc(Cl)cc1)Cc1cc(F)ccc1C.CCN. The van der Waals surface area contributed by atoms with Gasteiger partial charge in [0.05, 0.1) is 0 Å². The molecule has 0 aromatic heterocycles. The molecule has 0 bridgehead atoms. The van der Waals surface area contributed by atoms with Crippen molar-refractivity contribution in [2.45, 2.75) is 60.5 Å². The summed E-state index contributed by atoms with van der Waals surface area (Å²) in [5, 5.41) is 0.754. The lowest BCUT2D eigenvalue weighted by Crippen LogP contribution is -2.24. The number of benzene rings is 2. The van der Waals surface area contributed by atoms with Crippen LogP contribution in [0.2, 0.25) is 5.02 Å². The number of hydrogen-bond donors (Lipinski definition) is 1. The van der Waals surface area contributed by atoms with E-state index in [2.05, 4.69) is 24.0 Å². The van der Waals surface area contributed by atoms with Gasteiger partial charge in [0.25, 0.3) is 0 Å². The highest BCUT2D eigenvalue weighted by atomic mass is 35.5. The Labute approximate surface area is 170 Å². The van der Waals surface area contributed by atoms with E-state index in [1.807, 2.05) is 45.9 Å². The molecule has 0 spiro atoms. The molecule has 2 aromatic rings. The minimum atomic E-state index is -0.164. The van der Waals surface area contributed by atoms with Gasteiger partial charge >= 0.3 is 0 Å². The molecule has 0 saturated heterocycles. The van der Waals surface area contributed by atoms with Gasteiger partial charge in [0, 0.05) is 18.1 Å². The summed E-state index contributed by atoms with van der Waals surface area (Å²) >= 11 is 5.94. The van der Waals surface area contributed by atoms with E-state index in [4.69, 9.17) is 17.3 Å². The number of unbranched alkanes of at least 4 members (excludes halogenated alkanes) is 1. The van der Waals surface area contributed by atoms with Gasteiger partial charge in [-0.3, -0.25) is 4.90 Å². The van der Waals surface area contributed by atoms with Crippen LogP contribution >= 0.6 is 11.6 Å². The van der Waals surface area contributed by atoms with Gasteiger partial charge in [0.15, 0.2) is 0 Å². The topological polar surface area (TPSA) is 29.3 Å². The van der Waals surface area contributed by atoms with Crippen LogP contribution < -0.4 is 5.73 Å². The van der Waals surface area contributed by atoms with E-state index in [1.165, 1.54) is 11.6 Å². The first-order chi connectivity index (χ1) is 13.0. The highest BCUT2D eigenvalue weighted by molar-refractivity contribution is 6.30. The molecule has 2 aromatic carbocycles. The Hall–Kier alpha value is -1.42. The van der Waals surface area contributed by atoms with Crippen molar-refractivity contribution in [1.82, 2.24) is 4.90 Å². The van der Waals surface area contributed by atoms with Gasteiger partial charge in [0.2, 0.25) is 0 Å². The average Bonchev–Trinajstić information content (AvgIpc) is 2.67. The number of rotatable bonds is 7. The molecule has 2 N–H and O–H groups in total. The summed E-state index contributed by atoms with van der Waals surface area (Å²) < 4.78 is 13.5. The van der Waals surface area contributed by atoms with Crippen molar-refractivity contribution in [3.63, 3.8) is 0 Å². The van der Waals surface area contributed by atoms with Crippen LogP contribution in [0.5, 0.6) is 0 Å². The minimum absolute atomic E-state index is 0.164. The molecule has 0 aliphatic carbocycles. The summed E-state index contributed by atoms with van der Waals surface area (Å²) in [6, 6.07) is 13.0. The third-order valence-electron chi connectivity index (χ3n) is 3.85. The summed E-state index contributed by atoms with van der Waals surface area (Å²) in [5.74, 6) is -0.164. The summed E-state index contributed by atoms with van der Waals surface area (Å²) in [6.45, 7) is 13.5. The van der Waals surface area contributed by atoms with Gasteiger partial charge in [0.1, 0.15) is 5.82 Å². The number of aryl methyl sites for hydroxylation is 1. The lowest BCUT2D eigenvalue weighted by molar-refractivity contribution is 0.252. The summed E-state index contributed by atoms with van der Waals surface area (Å²) in [7, 11) is 0. The van der Waals surface area contributed by atoms with Crippen molar-refractivity contribution in [1.29, 1.82) is 0 Å². The third kappa shape index (κ3) is 11.1. The van der Waals surface area contributed by atoms with Gasteiger partial charge in [-0.1, -0.05) is 63.9 Å². The Balaban J connectivity index is 0.00000123. The molecule has 0 aliphatic rings. The second-order valence-electron chi connectivity index (χ2n) is 6.17. The van der Waals surface area contributed by atoms with Crippen molar-refractivity contribution < 1.29 is 4.39 Å². The summed E-state index contributed by atoms with van der Waals surface area (Å²) in [6.07, 6.45) is 2.29. The lowest BCUT2D eigenvalue weighted by Gasteiger charge is -2.23. The van der Waals surface area contributed by atoms with Crippen LogP contribution in [-0.2, 0) is 13.1 Å². The number of hydrogen-bond acceptors (Lipinski definition) is 2. The van der Waals surface area contributed by atoms with Crippen LogP contribution in [-0.4, -0.2) is 18.0 Å². The van der Waals surface area contributed by atoms with E-state index in [0.717, 1.165) is 55.2 Å². The van der Waals surface area contributed by atoms with Gasteiger partial charge < -0.3 is 5.73 Å². The highest BCUT2D eigenvalue weighted by Crippen LogP contribution is 2.17. The van der Waals surface area contributed by atoms with Crippen LogP contribution in [0.25, 0.3) is 0 Å². The fourth-order valence-corrected chi connectivity index (χ4v) is 2.62. The molecule has 27 heavy (non-hydrogen) atoms. The summed E-state index contributed by atoms with van der Waals surface area (Å²) in [4.78, 5) is 2.37. The van der Waals surface area contributed by atoms with Crippen LogP contribution in [0.15, 0.2) is 42.5 Å². The van der Waals surface area contributed by atoms with Crippen molar-refractivity contribution in [3.8, 4) is 0 Å². The highest BCUT2D eigenvalue weighted by Gasteiger charge is 2.09. The maximum absolute atomic E-state index is 13.5. The Bertz CT molecular complexity index is 614. The molecule has 2 rings (SSSR count). The quantitative estimate of drug-likeness (QED) is 0.574. The molecule has 4 heteroatoms. The molecule has 0 unspecified atom stereocenters. The van der Waals surface area contributed by atoms with E-state index in [1.54, 1.807) is 6.07 Å². The molecule has 2 nitrogen and oxygen atoms in total. The second-order valence-corrected chi connectivity index (χ2v) is 6.61. The molecule has 0 amide bonds. The Morgan fingerprint density at radius 1 is 1.00 bits per heavy atom. The fraction of sp³-hybridized carbons (Fsp3) is 0.478. The van der Waals surface area contributed by atoms with Crippen molar-refractivity contribution in [2.24, 2.45) is 5.73 Å². The predicted octanol–water partition coefficient (Wildman–Crippen LogP) is 6.58. The predicted molar refractivity (Wildman–Crippen MR) is 118 cm³/mol. The first-order valence-electron chi connectivity index (χ1n) is 9.92. The van der Waals surface area contributed by atoms with E-state index in [9.17, 15) is 4.39 Å². The van der Waals surface area contributed by atoms with Crippen molar-refractivity contribution in [2.75, 3.05) is 13.1 Å². The van der Waals surface area contributed by atoms with E-state index < -0.39 is 0 Å². The van der Waals surface area contributed by atoms with Crippen molar-refractivity contribution >= 4 is 11.6 Å². The standard InChI is InChI=1S/C19H23ClFN.C2H7N.C2H6/c1-3-4-11-22(13-16-6-8-18(20)9-7-16)14-17-12-19(21)10-5-15(17)2;1-2-3;1-2/h5-10,12H,3-4,11,13-14H2,1-2H3;2-3H2,1H3;1-2H3. The zero-order valence-electron chi connectivity index (χ0n) is 17.6. The zero-order valence-corrected chi connectivity index (χ0v) is 18.3. The molecule has 0 fully saturated rings. The second kappa shape index (κ2) is 15.6. The van der Waals surface area contributed by atoms with Crippen molar-refractivity contribution in [3.05, 3.63) is 70.0 Å². The number of nitrogens with two attached hydrogens (primary N) is 1. The molecule has 0 radical (unpaired) electrons. The molecular weight excluding hydrogens is 359 g/mol. The smallest absolute Gasteiger partial charge is 0.123 e. The number of nitrogens with zero attached hydrogens (tertiary/aromatic N) is 1. The van der Waals surface area contributed by atoms with Gasteiger partial charge in [-0.15, -0.1) is 0 Å².